The molecule has 0 saturated heterocycles. The second kappa shape index (κ2) is 11.5. The van der Waals surface area contributed by atoms with Crippen molar-refractivity contribution in [1.82, 2.24) is 14.9 Å². The summed E-state index contributed by atoms with van der Waals surface area (Å²) in [6.07, 6.45) is -0.370. The van der Waals surface area contributed by atoms with E-state index in [4.69, 9.17) is 16.3 Å². The third kappa shape index (κ3) is 6.65. The van der Waals surface area contributed by atoms with Crippen molar-refractivity contribution in [3.05, 3.63) is 40.4 Å². The van der Waals surface area contributed by atoms with E-state index in [1.54, 1.807) is 22.8 Å². The topological polar surface area (TPSA) is 90.3 Å². The molecular weight excluding hydrogens is 543 g/mol. The number of benzene rings is 1. The fraction of sp³-hybridized carbons (Fsp3) is 0.615. The lowest BCUT2D eigenvalue weighted by Gasteiger charge is -2.28. The molecule has 1 fully saturated rings. The highest BCUT2D eigenvalue weighted by Crippen LogP contribution is 2.42. The molecule has 1 amide bonds. The monoisotopic (exact) mass is 577 g/mol. The number of imidazole rings is 1. The lowest BCUT2D eigenvalue weighted by Crippen LogP contribution is -2.34. The normalized spacial score (nSPS) is 18.9. The van der Waals surface area contributed by atoms with Crippen molar-refractivity contribution in [2.45, 2.75) is 70.7 Å². The zero-order valence-electron chi connectivity index (χ0n) is 22.3. The Hall–Kier alpha value is -2.27. The SMILES string of the molecule is CCc1nc(C(=O)NC[C@H]2CC[C@@H](S(C)(=O)=O)CC2)c(Cl)n1-c1ccc(CC(C)(C)C(F)(F)F)c(OC)c1. The molecule has 2 aromatic rings. The van der Waals surface area contributed by atoms with Crippen LogP contribution >= 0.6 is 11.6 Å². The van der Waals surface area contributed by atoms with E-state index in [1.807, 2.05) is 6.92 Å². The molecule has 1 N–H and O–H groups in total. The number of alkyl halides is 3. The highest BCUT2D eigenvalue weighted by atomic mass is 35.5. The molecule has 1 aromatic carbocycles. The molecule has 0 radical (unpaired) electrons. The maximum Gasteiger partial charge on any atom is 0.394 e. The van der Waals surface area contributed by atoms with Crippen LogP contribution in [0.25, 0.3) is 5.69 Å². The number of rotatable bonds is 9. The Labute approximate surface area is 227 Å². The second-order valence-corrected chi connectivity index (χ2v) is 13.3. The largest absolute Gasteiger partial charge is 0.496 e. The number of hydrogen-bond donors (Lipinski definition) is 1. The van der Waals surface area contributed by atoms with Crippen LogP contribution in [-0.2, 0) is 22.7 Å². The van der Waals surface area contributed by atoms with Crippen molar-refractivity contribution < 1.29 is 31.1 Å². The lowest BCUT2D eigenvalue weighted by molar-refractivity contribution is -0.211. The van der Waals surface area contributed by atoms with Crippen molar-refractivity contribution in [2.24, 2.45) is 11.3 Å². The van der Waals surface area contributed by atoms with Gasteiger partial charge in [-0.1, -0.05) is 38.4 Å². The highest BCUT2D eigenvalue weighted by molar-refractivity contribution is 7.91. The third-order valence-corrected chi connectivity index (χ3v) is 9.33. The second-order valence-electron chi connectivity index (χ2n) is 10.6. The molecule has 1 heterocycles. The molecule has 1 aliphatic carbocycles. The van der Waals surface area contributed by atoms with Gasteiger partial charge in [-0.2, -0.15) is 13.2 Å². The molecule has 1 aromatic heterocycles. The van der Waals surface area contributed by atoms with Crippen LogP contribution in [0.5, 0.6) is 5.75 Å². The molecule has 0 bridgehead atoms. The van der Waals surface area contributed by atoms with E-state index in [9.17, 15) is 26.4 Å². The predicted octanol–water partition coefficient (Wildman–Crippen LogP) is 5.56. The van der Waals surface area contributed by atoms with Gasteiger partial charge in [-0.15, -0.1) is 0 Å². The van der Waals surface area contributed by atoms with Crippen LogP contribution in [0.1, 0.15) is 68.3 Å². The summed E-state index contributed by atoms with van der Waals surface area (Å²) in [5.41, 5.74) is -0.980. The van der Waals surface area contributed by atoms with Crippen molar-refractivity contribution >= 4 is 27.3 Å². The first kappa shape index (κ1) is 30.3. The van der Waals surface area contributed by atoms with Crippen LogP contribution in [-0.4, -0.2) is 55.2 Å². The zero-order chi connectivity index (χ0) is 28.5. The first-order valence-corrected chi connectivity index (χ1v) is 14.9. The molecule has 1 saturated carbocycles. The number of halogens is 4. The van der Waals surface area contributed by atoms with Crippen molar-refractivity contribution in [3.8, 4) is 11.4 Å². The van der Waals surface area contributed by atoms with Gasteiger partial charge in [0, 0.05) is 25.3 Å². The number of methoxy groups -OCH3 is 1. The van der Waals surface area contributed by atoms with E-state index in [0.717, 1.165) is 13.8 Å². The van der Waals surface area contributed by atoms with Crippen LogP contribution in [0, 0.1) is 11.3 Å². The Morgan fingerprint density at radius 3 is 2.37 bits per heavy atom. The molecule has 38 heavy (non-hydrogen) atoms. The van der Waals surface area contributed by atoms with Crippen molar-refractivity contribution in [1.29, 1.82) is 0 Å². The Bertz CT molecular complexity index is 1270. The molecule has 3 rings (SSSR count). The first-order chi connectivity index (χ1) is 17.6. The summed E-state index contributed by atoms with van der Waals surface area (Å²) in [6.45, 7) is 4.53. The molecule has 0 atom stereocenters. The summed E-state index contributed by atoms with van der Waals surface area (Å²) >= 11 is 6.61. The van der Waals surface area contributed by atoms with Gasteiger partial charge < -0.3 is 10.1 Å². The quantitative estimate of drug-likeness (QED) is 0.421. The maximum absolute atomic E-state index is 13.4. The smallest absolute Gasteiger partial charge is 0.394 e. The highest BCUT2D eigenvalue weighted by Gasteiger charge is 2.47. The minimum atomic E-state index is -4.38. The van der Waals surface area contributed by atoms with Crippen LogP contribution in [0.15, 0.2) is 18.2 Å². The molecule has 7 nitrogen and oxygen atoms in total. The van der Waals surface area contributed by atoms with Crippen molar-refractivity contribution in [3.63, 3.8) is 0 Å². The van der Waals surface area contributed by atoms with E-state index in [1.165, 1.54) is 13.4 Å². The summed E-state index contributed by atoms with van der Waals surface area (Å²) in [7, 11) is -1.67. The van der Waals surface area contributed by atoms with Gasteiger partial charge in [0.1, 0.15) is 26.6 Å². The third-order valence-electron chi connectivity index (χ3n) is 7.30. The lowest BCUT2D eigenvalue weighted by atomic mass is 9.84. The standard InChI is InChI=1S/C26H35ClF3N3O4S/c1-6-21-32-22(24(34)31-15-16-7-11-19(12-8-16)38(5,35)36)23(27)33(21)18-10-9-17(20(13-18)37-4)14-25(2,3)26(28,29)30/h9-10,13,16,19H,6-8,11-12,14-15H2,1-5H3,(H,31,34)/t16-,19+. The molecule has 0 spiro atoms. The van der Waals surface area contributed by atoms with Crippen LogP contribution in [0.2, 0.25) is 5.15 Å². The Morgan fingerprint density at radius 2 is 1.84 bits per heavy atom. The summed E-state index contributed by atoms with van der Waals surface area (Å²) in [5, 5.41) is 2.63. The molecule has 12 heteroatoms. The fourth-order valence-corrected chi connectivity index (χ4v) is 6.22. The average Bonchev–Trinajstić information content (AvgIpc) is 3.18. The number of amides is 1. The summed E-state index contributed by atoms with van der Waals surface area (Å²) in [6, 6.07) is 4.80. The van der Waals surface area contributed by atoms with E-state index in [-0.39, 0.29) is 34.2 Å². The van der Waals surface area contributed by atoms with Crippen LogP contribution in [0.3, 0.4) is 0 Å². The number of aromatic nitrogens is 2. The summed E-state index contributed by atoms with van der Waals surface area (Å²) in [4.78, 5) is 17.4. The van der Waals surface area contributed by atoms with Gasteiger partial charge in [0.15, 0.2) is 5.69 Å². The minimum absolute atomic E-state index is 0.0505. The molecule has 212 valence electrons. The molecule has 0 unspecified atom stereocenters. The van der Waals surface area contributed by atoms with Gasteiger partial charge >= 0.3 is 6.18 Å². The van der Waals surface area contributed by atoms with E-state index >= 15 is 0 Å². The minimum Gasteiger partial charge on any atom is -0.496 e. The van der Waals surface area contributed by atoms with Gasteiger partial charge in [0.25, 0.3) is 5.91 Å². The Kier molecular flexibility index (Phi) is 9.13. The number of hydrogen-bond acceptors (Lipinski definition) is 5. The van der Waals surface area contributed by atoms with E-state index < -0.39 is 27.3 Å². The van der Waals surface area contributed by atoms with E-state index in [2.05, 4.69) is 10.3 Å². The average molecular weight is 578 g/mol. The predicted molar refractivity (Wildman–Crippen MR) is 141 cm³/mol. The molecule has 1 aliphatic rings. The Morgan fingerprint density at radius 1 is 1.21 bits per heavy atom. The van der Waals surface area contributed by atoms with Crippen LogP contribution < -0.4 is 10.1 Å². The van der Waals surface area contributed by atoms with Crippen molar-refractivity contribution in [2.75, 3.05) is 19.9 Å². The van der Waals surface area contributed by atoms with Gasteiger partial charge in [-0.25, -0.2) is 13.4 Å². The summed E-state index contributed by atoms with van der Waals surface area (Å²) in [5.74, 6) is 0.520. The van der Waals surface area contributed by atoms with Crippen LogP contribution in [0.4, 0.5) is 13.2 Å². The number of nitrogens with one attached hydrogen (secondary N) is 1. The number of aryl methyl sites for hydroxylation is 1. The van der Waals surface area contributed by atoms with E-state index in [0.29, 0.717) is 55.7 Å². The zero-order valence-corrected chi connectivity index (χ0v) is 23.9. The van der Waals surface area contributed by atoms with Gasteiger partial charge in [0.2, 0.25) is 0 Å². The number of nitrogens with zero attached hydrogens (tertiary/aromatic N) is 2. The fourth-order valence-electron chi connectivity index (χ4n) is 4.77. The first-order valence-electron chi connectivity index (χ1n) is 12.6. The number of carbonyl (C=O) groups excluding carboxylic acids is 1. The van der Waals surface area contributed by atoms with Gasteiger partial charge in [-0.3, -0.25) is 9.36 Å². The molecule has 0 aliphatic heterocycles. The number of ether oxygens (including phenoxy) is 1. The molecular formula is C26H35ClF3N3O4S. The summed E-state index contributed by atoms with van der Waals surface area (Å²) < 4.78 is 70.9. The number of carbonyl (C=O) groups is 1. The Balaban J connectivity index is 1.79. The maximum atomic E-state index is 13.4. The number of sulfone groups is 1. The van der Waals surface area contributed by atoms with Gasteiger partial charge in [0.05, 0.1) is 23.5 Å². The van der Waals surface area contributed by atoms with Gasteiger partial charge in [-0.05, 0) is 49.7 Å².